The summed E-state index contributed by atoms with van der Waals surface area (Å²) in [7, 11) is -5.53. The van der Waals surface area contributed by atoms with Gasteiger partial charge in [0.15, 0.2) is 0 Å². The quantitative estimate of drug-likeness (QED) is 0.401. The molecule has 0 radical (unpaired) electrons. The highest BCUT2D eigenvalue weighted by Gasteiger charge is 2.46. The van der Waals surface area contributed by atoms with Gasteiger partial charge in [-0.15, -0.1) is 11.3 Å². The first-order chi connectivity index (χ1) is 14.2. The fourth-order valence-electron chi connectivity index (χ4n) is 2.81. The third kappa shape index (κ3) is 3.85. The second-order valence-corrected chi connectivity index (χ2v) is 9.13. The Morgan fingerprint density at radius 3 is 2.53 bits per heavy atom. The monoisotopic (exact) mass is 469 g/mol. The lowest BCUT2D eigenvalue weighted by molar-refractivity contribution is -0.0429. The number of nitrogens with one attached hydrogen (secondary N) is 1. The zero-order valence-electron chi connectivity index (χ0n) is 14.8. The molecule has 0 bridgehead atoms. The van der Waals surface area contributed by atoms with E-state index in [1.165, 1.54) is 28.2 Å². The summed E-state index contributed by atoms with van der Waals surface area (Å²) in [6.07, 6.45) is 3.46. The van der Waals surface area contributed by atoms with Crippen molar-refractivity contribution in [2.24, 2.45) is 0 Å². The highest BCUT2D eigenvalue weighted by atomic mass is 35.5. The summed E-state index contributed by atoms with van der Waals surface area (Å²) in [6.45, 7) is 0. The number of hydrogen-bond acceptors (Lipinski definition) is 5. The van der Waals surface area contributed by atoms with Gasteiger partial charge >= 0.3 is 15.5 Å². The summed E-state index contributed by atoms with van der Waals surface area (Å²) in [4.78, 5) is 8.82. The van der Waals surface area contributed by atoms with Crippen molar-refractivity contribution in [3.05, 3.63) is 65.3 Å². The molecule has 30 heavy (non-hydrogen) atoms. The third-order valence-electron chi connectivity index (χ3n) is 4.20. The van der Waals surface area contributed by atoms with Gasteiger partial charge < -0.3 is 0 Å². The van der Waals surface area contributed by atoms with E-state index in [4.69, 9.17) is 11.6 Å². The molecule has 5 nitrogen and oxygen atoms in total. The Morgan fingerprint density at radius 1 is 1.03 bits per heavy atom. The molecule has 1 N–H and O–H groups in total. The first-order valence-corrected chi connectivity index (χ1v) is 11.1. The SMILES string of the molecule is O=S(=O)(Nc1ccc(-c2csc(-c3cncc4ccccc34)n2)c(Cl)c1)C(F)(F)F. The molecule has 0 saturated heterocycles. The molecule has 0 amide bonds. The summed E-state index contributed by atoms with van der Waals surface area (Å²) < 4.78 is 61.6. The molecule has 0 spiro atoms. The van der Waals surface area contributed by atoms with E-state index in [2.05, 4.69) is 9.97 Å². The molecule has 4 rings (SSSR count). The van der Waals surface area contributed by atoms with Gasteiger partial charge in [-0.1, -0.05) is 35.9 Å². The fraction of sp³-hybridized carbons (Fsp3) is 0.0526. The largest absolute Gasteiger partial charge is 0.516 e. The molecule has 4 aromatic rings. The van der Waals surface area contributed by atoms with Gasteiger partial charge in [-0.05, 0) is 23.6 Å². The number of rotatable bonds is 4. The summed E-state index contributed by atoms with van der Waals surface area (Å²) >= 11 is 7.56. The van der Waals surface area contributed by atoms with E-state index >= 15 is 0 Å². The summed E-state index contributed by atoms with van der Waals surface area (Å²) in [5.41, 5.74) is -3.90. The molecule has 0 aliphatic heterocycles. The molecule has 2 heterocycles. The van der Waals surface area contributed by atoms with Crippen LogP contribution in [-0.4, -0.2) is 23.9 Å². The molecule has 154 valence electrons. The van der Waals surface area contributed by atoms with Crippen molar-refractivity contribution in [2.75, 3.05) is 4.72 Å². The number of sulfonamides is 1. The normalized spacial score (nSPS) is 12.3. The van der Waals surface area contributed by atoms with E-state index in [-0.39, 0.29) is 10.7 Å². The molecule has 0 atom stereocenters. The Kier molecular flexibility index (Phi) is 5.16. The lowest BCUT2D eigenvalue weighted by Crippen LogP contribution is -2.29. The highest BCUT2D eigenvalue weighted by Crippen LogP contribution is 2.36. The van der Waals surface area contributed by atoms with Crippen LogP contribution < -0.4 is 4.72 Å². The molecular formula is C19H11ClF3N3O2S2. The van der Waals surface area contributed by atoms with Crippen LogP contribution in [0.25, 0.3) is 32.6 Å². The van der Waals surface area contributed by atoms with Crippen LogP contribution in [0.1, 0.15) is 0 Å². The van der Waals surface area contributed by atoms with E-state index in [0.717, 1.165) is 22.4 Å². The maximum atomic E-state index is 12.5. The van der Waals surface area contributed by atoms with Gasteiger partial charge in [-0.25, -0.2) is 4.98 Å². The Balaban J connectivity index is 1.67. The smallest absolute Gasteiger partial charge is 0.276 e. The maximum Gasteiger partial charge on any atom is 0.516 e. The van der Waals surface area contributed by atoms with E-state index in [9.17, 15) is 21.6 Å². The van der Waals surface area contributed by atoms with E-state index < -0.39 is 15.5 Å². The number of fused-ring (bicyclic) bond motifs is 1. The van der Waals surface area contributed by atoms with Gasteiger partial charge in [0.1, 0.15) is 5.01 Å². The number of hydrogen-bond donors (Lipinski definition) is 1. The third-order valence-corrected chi connectivity index (χ3v) is 6.51. The van der Waals surface area contributed by atoms with E-state index in [0.29, 0.717) is 16.3 Å². The van der Waals surface area contributed by atoms with Crippen LogP contribution in [0.4, 0.5) is 18.9 Å². The summed E-state index contributed by atoms with van der Waals surface area (Å²) in [5.74, 6) is 0. The molecule has 0 aliphatic rings. The van der Waals surface area contributed by atoms with Crippen LogP contribution in [0.5, 0.6) is 0 Å². The van der Waals surface area contributed by atoms with Gasteiger partial charge in [0.2, 0.25) is 0 Å². The summed E-state index contributed by atoms with van der Waals surface area (Å²) in [6, 6.07) is 11.5. The van der Waals surface area contributed by atoms with Crippen molar-refractivity contribution in [1.29, 1.82) is 0 Å². The molecular weight excluding hydrogens is 459 g/mol. The molecule has 0 saturated carbocycles. The van der Waals surface area contributed by atoms with Crippen LogP contribution in [0.3, 0.4) is 0 Å². The van der Waals surface area contributed by atoms with Crippen molar-refractivity contribution < 1.29 is 21.6 Å². The minimum atomic E-state index is -5.53. The second kappa shape index (κ2) is 7.53. The van der Waals surface area contributed by atoms with Crippen molar-refractivity contribution in [3.8, 4) is 21.8 Å². The van der Waals surface area contributed by atoms with E-state index in [1.54, 1.807) is 17.8 Å². The van der Waals surface area contributed by atoms with Gasteiger partial charge in [0.25, 0.3) is 0 Å². The average Bonchev–Trinajstić information content (AvgIpc) is 3.16. The van der Waals surface area contributed by atoms with Crippen LogP contribution in [0.2, 0.25) is 5.02 Å². The van der Waals surface area contributed by atoms with Crippen LogP contribution >= 0.6 is 22.9 Å². The van der Waals surface area contributed by atoms with Gasteiger partial charge in [0.05, 0.1) is 16.4 Å². The topological polar surface area (TPSA) is 72.0 Å². The van der Waals surface area contributed by atoms with Crippen molar-refractivity contribution in [2.45, 2.75) is 5.51 Å². The standard InChI is InChI=1S/C19H11ClF3N3O2S2/c20-16-7-12(26-30(27,28)19(21,22)23)5-6-14(16)17-10-29-18(25-17)15-9-24-8-11-3-1-2-4-13(11)15/h1-10,26H. The lowest BCUT2D eigenvalue weighted by atomic mass is 10.1. The van der Waals surface area contributed by atoms with Crippen molar-refractivity contribution >= 4 is 49.4 Å². The number of anilines is 1. The zero-order valence-corrected chi connectivity index (χ0v) is 17.2. The molecule has 2 aromatic carbocycles. The number of pyridine rings is 1. The second-order valence-electron chi connectivity index (χ2n) is 6.19. The van der Waals surface area contributed by atoms with Gasteiger partial charge in [0, 0.05) is 34.3 Å². The molecule has 0 aliphatic carbocycles. The minimum absolute atomic E-state index is 0.0604. The van der Waals surface area contributed by atoms with Crippen molar-refractivity contribution in [3.63, 3.8) is 0 Å². The average molecular weight is 470 g/mol. The van der Waals surface area contributed by atoms with Gasteiger partial charge in [-0.2, -0.15) is 21.6 Å². The molecule has 11 heteroatoms. The number of aromatic nitrogens is 2. The highest BCUT2D eigenvalue weighted by molar-refractivity contribution is 7.93. The Labute approximate surface area is 178 Å². The van der Waals surface area contributed by atoms with Crippen LogP contribution in [-0.2, 0) is 10.0 Å². The number of thiazole rings is 1. The number of benzene rings is 2. The van der Waals surface area contributed by atoms with Crippen LogP contribution in [0.15, 0.2) is 60.2 Å². The van der Waals surface area contributed by atoms with E-state index in [1.807, 2.05) is 24.3 Å². The predicted molar refractivity (Wildman–Crippen MR) is 112 cm³/mol. The Bertz CT molecular complexity index is 1350. The fourth-order valence-corrected chi connectivity index (χ4v) is 4.48. The van der Waals surface area contributed by atoms with Crippen molar-refractivity contribution in [1.82, 2.24) is 9.97 Å². The Morgan fingerprint density at radius 2 is 1.80 bits per heavy atom. The number of halogens is 4. The first kappa shape index (κ1) is 20.6. The minimum Gasteiger partial charge on any atom is -0.276 e. The molecule has 0 unspecified atom stereocenters. The first-order valence-electron chi connectivity index (χ1n) is 8.33. The maximum absolute atomic E-state index is 12.5. The zero-order chi connectivity index (χ0) is 21.5. The number of alkyl halides is 3. The molecule has 0 fully saturated rings. The molecule has 2 aromatic heterocycles. The lowest BCUT2D eigenvalue weighted by Gasteiger charge is -2.11. The van der Waals surface area contributed by atoms with Gasteiger partial charge in [-0.3, -0.25) is 9.71 Å². The Hall–Kier alpha value is -2.69. The number of nitrogens with zero attached hydrogens (tertiary/aromatic N) is 2. The van der Waals surface area contributed by atoms with Crippen LogP contribution in [0, 0.1) is 0 Å². The predicted octanol–water partition coefficient (Wildman–Crippen LogP) is 5.94. The summed E-state index contributed by atoms with van der Waals surface area (Å²) in [5, 5.41) is 4.47.